The zero-order valence-corrected chi connectivity index (χ0v) is 14.7. The molecule has 0 spiro atoms. The van der Waals surface area contributed by atoms with Crippen LogP contribution < -0.4 is 5.32 Å². The molecular formula is C20H25N3O2. The van der Waals surface area contributed by atoms with Gasteiger partial charge in [0.05, 0.1) is 11.1 Å². The monoisotopic (exact) mass is 339 g/mol. The largest absolute Gasteiger partial charge is 0.381 e. The van der Waals surface area contributed by atoms with Crippen LogP contribution in [0.2, 0.25) is 0 Å². The first-order valence-electron chi connectivity index (χ1n) is 9.14. The molecule has 25 heavy (non-hydrogen) atoms. The van der Waals surface area contributed by atoms with Crippen LogP contribution in [0, 0.1) is 6.92 Å². The molecule has 1 fully saturated rings. The van der Waals surface area contributed by atoms with E-state index in [1.54, 1.807) is 0 Å². The van der Waals surface area contributed by atoms with Crippen molar-refractivity contribution in [2.24, 2.45) is 0 Å². The van der Waals surface area contributed by atoms with Crippen LogP contribution in [0.5, 0.6) is 0 Å². The van der Waals surface area contributed by atoms with Crippen molar-refractivity contribution >= 4 is 5.91 Å². The van der Waals surface area contributed by atoms with Gasteiger partial charge < -0.3 is 14.6 Å². The maximum Gasteiger partial charge on any atom is 0.231 e. The van der Waals surface area contributed by atoms with Gasteiger partial charge in [0.25, 0.3) is 0 Å². The Morgan fingerprint density at radius 2 is 2.04 bits per heavy atom. The van der Waals surface area contributed by atoms with Gasteiger partial charge in [-0.1, -0.05) is 30.3 Å². The van der Waals surface area contributed by atoms with E-state index in [4.69, 9.17) is 4.74 Å². The summed E-state index contributed by atoms with van der Waals surface area (Å²) in [5.74, 6) is 1.28. The van der Waals surface area contributed by atoms with Crippen LogP contribution in [0.1, 0.15) is 36.3 Å². The molecule has 2 aromatic rings. The summed E-state index contributed by atoms with van der Waals surface area (Å²) < 4.78 is 7.73. The number of hydrogen-bond donors (Lipinski definition) is 1. The van der Waals surface area contributed by atoms with Crippen LogP contribution in [0.4, 0.5) is 0 Å². The molecule has 1 saturated heterocycles. The first-order chi connectivity index (χ1) is 12.2. The molecule has 5 nitrogen and oxygen atoms in total. The lowest BCUT2D eigenvalue weighted by Crippen LogP contribution is -2.52. The summed E-state index contributed by atoms with van der Waals surface area (Å²) in [6.45, 7) is 4.10. The van der Waals surface area contributed by atoms with Gasteiger partial charge in [-0.2, -0.15) is 0 Å². The average Bonchev–Trinajstić information content (AvgIpc) is 3.02. The third kappa shape index (κ3) is 3.09. The number of fused-ring (bicyclic) bond motifs is 1. The van der Waals surface area contributed by atoms with Gasteiger partial charge >= 0.3 is 0 Å². The highest BCUT2D eigenvalue weighted by atomic mass is 16.5. The quantitative estimate of drug-likeness (QED) is 0.934. The molecule has 5 heteroatoms. The van der Waals surface area contributed by atoms with E-state index in [-0.39, 0.29) is 11.9 Å². The summed E-state index contributed by atoms with van der Waals surface area (Å²) in [7, 11) is 0. The van der Waals surface area contributed by atoms with Crippen LogP contribution in [-0.4, -0.2) is 34.7 Å². The second kappa shape index (κ2) is 6.64. The van der Waals surface area contributed by atoms with Gasteiger partial charge in [-0.25, -0.2) is 4.98 Å². The lowest BCUT2D eigenvalue weighted by atomic mass is 9.73. The van der Waals surface area contributed by atoms with E-state index >= 15 is 0 Å². The van der Waals surface area contributed by atoms with Crippen LogP contribution in [0.15, 0.2) is 36.5 Å². The average molecular weight is 339 g/mol. The molecule has 1 aromatic carbocycles. The summed E-state index contributed by atoms with van der Waals surface area (Å²) in [6.07, 6.45) is 5.43. The second-order valence-electron chi connectivity index (χ2n) is 7.22. The molecule has 4 rings (SSSR count). The smallest absolute Gasteiger partial charge is 0.231 e. The Labute approximate surface area is 148 Å². The topological polar surface area (TPSA) is 56.2 Å². The van der Waals surface area contributed by atoms with E-state index in [1.807, 2.05) is 25.1 Å². The number of ether oxygens (including phenoxy) is 1. The highest BCUT2D eigenvalue weighted by molar-refractivity contribution is 5.88. The standard InChI is InChI=1S/C20H25N3O2/c1-15-13-23-14-17(7-8-18(23)21-15)22-19(24)20(9-11-25-12-10-20)16-5-3-2-4-6-16/h2-6,13,17H,7-12,14H2,1H3,(H,22,24)/t17-/m1/s1. The zero-order valence-electron chi connectivity index (χ0n) is 14.7. The van der Waals surface area contributed by atoms with E-state index in [0.717, 1.165) is 49.3 Å². The van der Waals surface area contributed by atoms with Crippen molar-refractivity contribution in [2.75, 3.05) is 13.2 Å². The molecule has 2 aliphatic rings. The minimum atomic E-state index is -0.468. The molecule has 3 heterocycles. The second-order valence-corrected chi connectivity index (χ2v) is 7.22. The maximum atomic E-state index is 13.3. The number of benzene rings is 1. The van der Waals surface area contributed by atoms with Crippen molar-refractivity contribution in [1.82, 2.24) is 14.9 Å². The number of amides is 1. The molecule has 1 amide bonds. The number of aryl methyl sites for hydroxylation is 2. The number of rotatable bonds is 3. The predicted molar refractivity (Wildman–Crippen MR) is 95.4 cm³/mol. The first kappa shape index (κ1) is 16.3. The van der Waals surface area contributed by atoms with E-state index in [1.165, 1.54) is 0 Å². The van der Waals surface area contributed by atoms with Crippen molar-refractivity contribution in [3.8, 4) is 0 Å². The van der Waals surface area contributed by atoms with Crippen LogP contribution >= 0.6 is 0 Å². The molecule has 0 saturated carbocycles. The van der Waals surface area contributed by atoms with Gasteiger partial charge in [-0.15, -0.1) is 0 Å². The fourth-order valence-electron chi connectivity index (χ4n) is 4.15. The van der Waals surface area contributed by atoms with Gasteiger partial charge in [0, 0.05) is 38.4 Å². The van der Waals surface area contributed by atoms with E-state index in [0.29, 0.717) is 13.2 Å². The van der Waals surface area contributed by atoms with Crippen molar-refractivity contribution < 1.29 is 9.53 Å². The summed E-state index contributed by atoms with van der Waals surface area (Å²) in [5, 5.41) is 3.33. The Kier molecular flexibility index (Phi) is 4.34. The molecule has 132 valence electrons. The van der Waals surface area contributed by atoms with Crippen LogP contribution in [0.25, 0.3) is 0 Å². The molecule has 0 unspecified atom stereocenters. The Balaban J connectivity index is 1.54. The predicted octanol–water partition coefficient (Wildman–Crippen LogP) is 2.37. The van der Waals surface area contributed by atoms with Gasteiger partial charge in [0.15, 0.2) is 0 Å². The molecule has 2 aliphatic heterocycles. The number of carbonyl (C=O) groups excluding carboxylic acids is 1. The fraction of sp³-hybridized carbons (Fsp3) is 0.500. The lowest BCUT2D eigenvalue weighted by molar-refractivity contribution is -0.131. The first-order valence-corrected chi connectivity index (χ1v) is 9.14. The molecule has 1 atom stereocenters. The number of carbonyl (C=O) groups is 1. The van der Waals surface area contributed by atoms with E-state index < -0.39 is 5.41 Å². The third-order valence-electron chi connectivity index (χ3n) is 5.56. The Bertz CT molecular complexity index is 748. The molecule has 0 radical (unpaired) electrons. The Morgan fingerprint density at radius 3 is 2.80 bits per heavy atom. The highest BCUT2D eigenvalue weighted by Crippen LogP contribution is 2.35. The normalized spacial score (nSPS) is 22.2. The number of aromatic nitrogens is 2. The van der Waals surface area contributed by atoms with Crippen molar-refractivity contribution in [3.63, 3.8) is 0 Å². The molecule has 1 N–H and O–H groups in total. The SMILES string of the molecule is Cc1cn2c(n1)CC[C@@H](NC(=O)C1(c3ccccc3)CCOCC1)C2. The van der Waals surface area contributed by atoms with Gasteiger partial charge in [-0.3, -0.25) is 4.79 Å². The summed E-state index contributed by atoms with van der Waals surface area (Å²) in [6, 6.07) is 10.3. The Hall–Kier alpha value is -2.14. The van der Waals surface area contributed by atoms with Crippen molar-refractivity contribution in [1.29, 1.82) is 0 Å². The molecular weight excluding hydrogens is 314 g/mol. The Morgan fingerprint density at radius 1 is 1.28 bits per heavy atom. The van der Waals surface area contributed by atoms with Crippen molar-refractivity contribution in [2.45, 2.75) is 50.6 Å². The molecule has 0 aliphatic carbocycles. The maximum absolute atomic E-state index is 13.3. The lowest BCUT2D eigenvalue weighted by Gasteiger charge is -2.38. The molecule has 0 bridgehead atoms. The summed E-state index contributed by atoms with van der Waals surface area (Å²) in [4.78, 5) is 17.9. The fourth-order valence-corrected chi connectivity index (χ4v) is 4.15. The minimum Gasteiger partial charge on any atom is -0.381 e. The highest BCUT2D eigenvalue weighted by Gasteiger charge is 2.42. The molecule has 1 aromatic heterocycles. The number of imidazole rings is 1. The summed E-state index contributed by atoms with van der Waals surface area (Å²) in [5.41, 5.74) is 1.68. The third-order valence-corrected chi connectivity index (χ3v) is 5.56. The number of hydrogen-bond acceptors (Lipinski definition) is 3. The van der Waals surface area contributed by atoms with Gasteiger partial charge in [0.2, 0.25) is 5.91 Å². The minimum absolute atomic E-state index is 0.146. The van der Waals surface area contributed by atoms with Gasteiger partial charge in [0.1, 0.15) is 5.82 Å². The van der Waals surface area contributed by atoms with Crippen LogP contribution in [-0.2, 0) is 27.9 Å². The summed E-state index contributed by atoms with van der Waals surface area (Å²) >= 11 is 0. The van der Waals surface area contributed by atoms with E-state index in [9.17, 15) is 4.79 Å². The number of nitrogens with one attached hydrogen (secondary N) is 1. The van der Waals surface area contributed by atoms with Crippen LogP contribution in [0.3, 0.4) is 0 Å². The van der Waals surface area contributed by atoms with E-state index in [2.05, 4.69) is 33.2 Å². The van der Waals surface area contributed by atoms with Gasteiger partial charge in [-0.05, 0) is 31.7 Å². The van der Waals surface area contributed by atoms with Crippen molar-refractivity contribution in [3.05, 3.63) is 53.6 Å². The zero-order chi connectivity index (χ0) is 17.3. The number of nitrogens with zero attached hydrogens (tertiary/aromatic N) is 2.